The predicted octanol–water partition coefficient (Wildman–Crippen LogP) is 3.89. The first-order valence-electron chi connectivity index (χ1n) is 8.51. The Hall–Kier alpha value is -2.40. The Kier molecular flexibility index (Phi) is 4.17. The molecule has 0 radical (unpaired) electrons. The molecule has 0 amide bonds. The normalized spacial score (nSPS) is 20.5. The van der Waals surface area contributed by atoms with Crippen LogP contribution in [0.4, 0.5) is 0 Å². The average molecular weight is 322 g/mol. The van der Waals surface area contributed by atoms with Crippen LogP contribution in [0.2, 0.25) is 0 Å². The van der Waals surface area contributed by atoms with Crippen LogP contribution in [-0.2, 0) is 11.3 Å². The molecule has 1 saturated carbocycles. The summed E-state index contributed by atoms with van der Waals surface area (Å²) >= 11 is 0. The topological polar surface area (TPSA) is 55.7 Å². The van der Waals surface area contributed by atoms with Gasteiger partial charge in [-0.3, -0.25) is 0 Å². The summed E-state index contributed by atoms with van der Waals surface area (Å²) in [6, 6.07) is 10.7. The van der Waals surface area contributed by atoms with Crippen molar-refractivity contribution in [3.05, 3.63) is 60.3 Å². The number of nitrogens with one attached hydrogen (secondary N) is 1. The van der Waals surface area contributed by atoms with Gasteiger partial charge in [0.2, 0.25) is 0 Å². The van der Waals surface area contributed by atoms with Gasteiger partial charge in [0, 0.05) is 18.1 Å². The number of hydrogen-bond donors (Lipinski definition) is 1. The van der Waals surface area contributed by atoms with E-state index in [1.807, 2.05) is 19.2 Å². The second-order valence-electron chi connectivity index (χ2n) is 6.37. The van der Waals surface area contributed by atoms with E-state index in [4.69, 9.17) is 4.74 Å². The Morgan fingerprint density at radius 2 is 2.08 bits per heavy atom. The lowest BCUT2D eigenvalue weighted by molar-refractivity contribution is 0.0198. The molecule has 24 heavy (non-hydrogen) atoms. The molecular weight excluding hydrogens is 300 g/mol. The molecule has 5 heteroatoms. The number of benzene rings is 1. The largest absolute Gasteiger partial charge is 0.371 e. The van der Waals surface area contributed by atoms with Crippen LogP contribution < -0.4 is 0 Å². The predicted molar refractivity (Wildman–Crippen MR) is 92.5 cm³/mol. The minimum absolute atomic E-state index is 0.220. The van der Waals surface area contributed by atoms with Crippen LogP contribution >= 0.6 is 0 Å². The van der Waals surface area contributed by atoms with Crippen LogP contribution in [0, 0.1) is 6.92 Å². The summed E-state index contributed by atoms with van der Waals surface area (Å²) < 4.78 is 8.49. The van der Waals surface area contributed by atoms with Gasteiger partial charge in [0.25, 0.3) is 0 Å². The van der Waals surface area contributed by atoms with Crippen LogP contribution in [0.25, 0.3) is 11.5 Å². The van der Waals surface area contributed by atoms with Gasteiger partial charge in [-0.25, -0.2) is 9.97 Å². The number of aryl methyl sites for hydroxylation is 1. The van der Waals surface area contributed by atoms with E-state index in [1.54, 1.807) is 6.33 Å². The second kappa shape index (κ2) is 6.61. The number of rotatable bonds is 5. The van der Waals surface area contributed by atoms with E-state index in [0.29, 0.717) is 12.6 Å². The fourth-order valence-corrected chi connectivity index (χ4v) is 3.54. The Balaban J connectivity index is 1.53. The standard InChI is InChI=1S/C19H22N4O/c1-14-18(22-13-21-14)19-20-10-11-23(19)16-8-5-9-17(16)24-12-15-6-3-2-4-7-15/h2-4,6-7,10-11,13,16-17H,5,8-9,12H2,1H3,(H,21,22)/t16-,17-/m1/s1. The van der Waals surface area contributed by atoms with Gasteiger partial charge in [0.15, 0.2) is 5.82 Å². The Labute approximate surface area is 141 Å². The molecule has 5 nitrogen and oxygen atoms in total. The molecule has 0 unspecified atom stereocenters. The Morgan fingerprint density at radius 1 is 1.21 bits per heavy atom. The molecule has 0 aliphatic heterocycles. The van der Waals surface area contributed by atoms with Crippen molar-refractivity contribution in [1.29, 1.82) is 0 Å². The van der Waals surface area contributed by atoms with Gasteiger partial charge in [-0.15, -0.1) is 0 Å². The maximum atomic E-state index is 6.25. The number of nitrogens with zero attached hydrogens (tertiary/aromatic N) is 3. The summed E-state index contributed by atoms with van der Waals surface area (Å²) in [4.78, 5) is 12.1. The van der Waals surface area contributed by atoms with Crippen molar-refractivity contribution in [3.8, 4) is 11.5 Å². The number of imidazole rings is 2. The van der Waals surface area contributed by atoms with E-state index in [2.05, 4.69) is 50.0 Å². The highest BCUT2D eigenvalue weighted by Crippen LogP contribution is 2.35. The highest BCUT2D eigenvalue weighted by atomic mass is 16.5. The van der Waals surface area contributed by atoms with Gasteiger partial charge in [0.05, 0.1) is 25.1 Å². The van der Waals surface area contributed by atoms with Gasteiger partial charge in [-0.2, -0.15) is 0 Å². The van der Waals surface area contributed by atoms with E-state index in [1.165, 1.54) is 12.0 Å². The van der Waals surface area contributed by atoms with Crippen LogP contribution in [-0.4, -0.2) is 25.6 Å². The third-order valence-electron chi connectivity index (χ3n) is 4.79. The molecule has 1 fully saturated rings. The summed E-state index contributed by atoms with van der Waals surface area (Å²) in [5, 5.41) is 0. The number of hydrogen-bond acceptors (Lipinski definition) is 3. The molecule has 3 aromatic rings. The zero-order valence-corrected chi connectivity index (χ0v) is 13.9. The second-order valence-corrected chi connectivity index (χ2v) is 6.37. The van der Waals surface area contributed by atoms with Crippen LogP contribution in [0.15, 0.2) is 49.1 Å². The lowest BCUT2D eigenvalue weighted by Crippen LogP contribution is -2.22. The first-order valence-corrected chi connectivity index (χ1v) is 8.51. The molecule has 2 aromatic heterocycles. The summed E-state index contributed by atoms with van der Waals surface area (Å²) in [7, 11) is 0. The van der Waals surface area contributed by atoms with E-state index in [0.717, 1.165) is 30.1 Å². The highest BCUT2D eigenvalue weighted by Gasteiger charge is 2.31. The molecular formula is C19H22N4O. The van der Waals surface area contributed by atoms with Crippen molar-refractivity contribution in [2.24, 2.45) is 0 Å². The maximum absolute atomic E-state index is 6.25. The van der Waals surface area contributed by atoms with E-state index in [9.17, 15) is 0 Å². The van der Waals surface area contributed by atoms with Gasteiger partial charge in [-0.05, 0) is 31.7 Å². The van der Waals surface area contributed by atoms with Crippen molar-refractivity contribution >= 4 is 0 Å². The molecule has 1 aliphatic rings. The minimum Gasteiger partial charge on any atom is -0.371 e. The molecule has 1 aromatic carbocycles. The van der Waals surface area contributed by atoms with Crippen molar-refractivity contribution in [3.63, 3.8) is 0 Å². The Bertz CT molecular complexity index is 793. The average Bonchev–Trinajstić information content (AvgIpc) is 3.33. The van der Waals surface area contributed by atoms with Gasteiger partial charge in [-0.1, -0.05) is 30.3 Å². The zero-order chi connectivity index (χ0) is 16.4. The van der Waals surface area contributed by atoms with E-state index >= 15 is 0 Å². The first-order chi connectivity index (χ1) is 11.8. The molecule has 1 N–H and O–H groups in total. The lowest BCUT2D eigenvalue weighted by atomic mass is 10.2. The zero-order valence-electron chi connectivity index (χ0n) is 13.9. The van der Waals surface area contributed by atoms with Crippen LogP contribution in [0.1, 0.15) is 36.6 Å². The molecule has 0 saturated heterocycles. The summed E-state index contributed by atoms with van der Waals surface area (Å²) in [5.74, 6) is 0.925. The van der Waals surface area contributed by atoms with Crippen LogP contribution in [0.3, 0.4) is 0 Å². The minimum atomic E-state index is 0.220. The SMILES string of the molecule is Cc1[nH]cnc1-c1nccn1[C@@H]1CCC[C@H]1OCc1ccccc1. The third kappa shape index (κ3) is 2.87. The first kappa shape index (κ1) is 15.1. The lowest BCUT2D eigenvalue weighted by Gasteiger charge is -2.23. The Morgan fingerprint density at radius 3 is 2.88 bits per heavy atom. The van der Waals surface area contributed by atoms with Gasteiger partial charge >= 0.3 is 0 Å². The monoisotopic (exact) mass is 322 g/mol. The molecule has 124 valence electrons. The number of H-pyrrole nitrogens is 1. The number of aromatic amines is 1. The summed E-state index contributed by atoms with van der Waals surface area (Å²) in [6.45, 7) is 2.69. The van der Waals surface area contributed by atoms with Crippen molar-refractivity contribution in [2.75, 3.05) is 0 Å². The quantitative estimate of drug-likeness (QED) is 0.775. The number of ether oxygens (including phenoxy) is 1. The fourth-order valence-electron chi connectivity index (χ4n) is 3.54. The van der Waals surface area contributed by atoms with Gasteiger partial charge < -0.3 is 14.3 Å². The van der Waals surface area contributed by atoms with E-state index in [-0.39, 0.29) is 6.10 Å². The molecule has 0 spiro atoms. The molecule has 2 atom stereocenters. The van der Waals surface area contributed by atoms with Gasteiger partial charge in [0.1, 0.15) is 5.69 Å². The fraction of sp³-hybridized carbons (Fsp3) is 0.368. The molecule has 1 aliphatic carbocycles. The van der Waals surface area contributed by atoms with Crippen molar-refractivity contribution in [1.82, 2.24) is 19.5 Å². The van der Waals surface area contributed by atoms with Crippen LogP contribution in [0.5, 0.6) is 0 Å². The van der Waals surface area contributed by atoms with Crippen molar-refractivity contribution in [2.45, 2.75) is 44.9 Å². The summed E-state index contributed by atoms with van der Waals surface area (Å²) in [6.07, 6.45) is 9.25. The smallest absolute Gasteiger partial charge is 0.160 e. The number of aromatic nitrogens is 4. The molecule has 2 heterocycles. The summed E-state index contributed by atoms with van der Waals surface area (Å²) in [5.41, 5.74) is 3.19. The molecule has 0 bridgehead atoms. The van der Waals surface area contributed by atoms with Crippen molar-refractivity contribution < 1.29 is 4.74 Å². The highest BCUT2D eigenvalue weighted by molar-refractivity contribution is 5.53. The van der Waals surface area contributed by atoms with E-state index < -0.39 is 0 Å². The maximum Gasteiger partial charge on any atom is 0.160 e. The molecule has 4 rings (SSSR count). The third-order valence-corrected chi connectivity index (χ3v) is 4.79.